The summed E-state index contributed by atoms with van der Waals surface area (Å²) in [5.41, 5.74) is 0.247. The van der Waals surface area contributed by atoms with Crippen molar-refractivity contribution in [2.75, 3.05) is 13.6 Å². The van der Waals surface area contributed by atoms with Gasteiger partial charge in [0.15, 0.2) is 0 Å². The van der Waals surface area contributed by atoms with Gasteiger partial charge >= 0.3 is 0 Å². The first-order chi connectivity index (χ1) is 17.7. The maximum atomic E-state index is 14.5. The van der Waals surface area contributed by atoms with Gasteiger partial charge in [0.25, 0.3) is 0 Å². The molecule has 0 heterocycles. The van der Waals surface area contributed by atoms with Gasteiger partial charge in [-0.15, -0.1) is 0 Å². The Hall–Kier alpha value is -3.30. The molecule has 7 nitrogen and oxygen atoms in total. The van der Waals surface area contributed by atoms with E-state index in [1.54, 1.807) is 37.3 Å². The molecule has 9 heteroatoms. The van der Waals surface area contributed by atoms with Gasteiger partial charge in [0, 0.05) is 25.2 Å². The number of sulfonamides is 1. The third-order valence-electron chi connectivity index (χ3n) is 6.95. The number of halogens is 1. The molecule has 0 aliphatic heterocycles. The van der Waals surface area contributed by atoms with E-state index in [9.17, 15) is 22.4 Å². The van der Waals surface area contributed by atoms with Gasteiger partial charge in [0.05, 0.1) is 11.4 Å². The molecular weight excluding hydrogens is 493 g/mol. The fourth-order valence-corrected chi connectivity index (χ4v) is 5.81. The van der Waals surface area contributed by atoms with E-state index < -0.39 is 34.3 Å². The van der Waals surface area contributed by atoms with Crippen LogP contribution in [0.5, 0.6) is 0 Å². The van der Waals surface area contributed by atoms with E-state index in [4.69, 9.17) is 0 Å². The zero-order valence-electron chi connectivity index (χ0n) is 21.1. The second-order valence-electron chi connectivity index (χ2n) is 9.55. The molecule has 1 N–H and O–H groups in total. The van der Waals surface area contributed by atoms with Crippen LogP contribution in [0.1, 0.15) is 38.2 Å². The Morgan fingerprint density at radius 2 is 1.65 bits per heavy atom. The van der Waals surface area contributed by atoms with Crippen molar-refractivity contribution in [3.8, 4) is 0 Å². The van der Waals surface area contributed by atoms with Crippen molar-refractivity contribution in [1.29, 1.82) is 0 Å². The van der Waals surface area contributed by atoms with Crippen molar-refractivity contribution in [2.45, 2.75) is 56.1 Å². The maximum absolute atomic E-state index is 14.5. The lowest BCUT2D eigenvalue weighted by molar-refractivity contribution is -0.140. The molecule has 1 saturated carbocycles. The van der Waals surface area contributed by atoms with Crippen molar-refractivity contribution >= 4 is 32.6 Å². The van der Waals surface area contributed by atoms with E-state index in [1.807, 2.05) is 24.3 Å². The van der Waals surface area contributed by atoms with E-state index in [0.29, 0.717) is 0 Å². The fraction of sp³-hybridized carbons (Fsp3) is 0.357. The number of hydrogen-bond acceptors (Lipinski definition) is 4. The fourth-order valence-electron chi connectivity index (χ4n) is 4.66. The Balaban J connectivity index is 1.55. The van der Waals surface area contributed by atoms with Crippen molar-refractivity contribution in [3.63, 3.8) is 0 Å². The second-order valence-corrected chi connectivity index (χ2v) is 11.6. The van der Waals surface area contributed by atoms with Gasteiger partial charge in [0.1, 0.15) is 11.9 Å². The van der Waals surface area contributed by atoms with Gasteiger partial charge in [0.2, 0.25) is 21.8 Å². The summed E-state index contributed by atoms with van der Waals surface area (Å²) in [6.45, 7) is 0.931. The number of rotatable bonds is 9. The highest BCUT2D eigenvalue weighted by Crippen LogP contribution is 2.22. The molecule has 4 rings (SSSR count). The predicted octanol–water partition coefficient (Wildman–Crippen LogP) is 4.08. The number of hydrogen-bond donors (Lipinski definition) is 1. The number of benzene rings is 3. The minimum absolute atomic E-state index is 0.0521. The molecule has 0 unspecified atom stereocenters. The number of nitrogens with zero attached hydrogens (tertiary/aromatic N) is 2. The number of amides is 2. The Kier molecular flexibility index (Phi) is 8.24. The maximum Gasteiger partial charge on any atom is 0.243 e. The van der Waals surface area contributed by atoms with Crippen LogP contribution in [-0.2, 0) is 26.2 Å². The van der Waals surface area contributed by atoms with Crippen LogP contribution in [-0.4, -0.2) is 55.1 Å². The lowest BCUT2D eigenvalue weighted by Crippen LogP contribution is -2.52. The topological polar surface area (TPSA) is 86.8 Å². The summed E-state index contributed by atoms with van der Waals surface area (Å²) in [5.74, 6) is -1.43. The molecule has 2 amide bonds. The van der Waals surface area contributed by atoms with Crippen LogP contribution in [0.25, 0.3) is 10.8 Å². The molecule has 3 aromatic carbocycles. The van der Waals surface area contributed by atoms with E-state index in [-0.39, 0.29) is 29.0 Å². The third kappa shape index (κ3) is 6.17. The van der Waals surface area contributed by atoms with Gasteiger partial charge in [-0.2, -0.15) is 4.31 Å². The molecule has 0 spiro atoms. The Morgan fingerprint density at radius 1 is 1.00 bits per heavy atom. The van der Waals surface area contributed by atoms with E-state index in [1.165, 1.54) is 24.1 Å². The highest BCUT2D eigenvalue weighted by molar-refractivity contribution is 7.89. The molecule has 1 fully saturated rings. The summed E-state index contributed by atoms with van der Waals surface area (Å²) in [7, 11) is -2.67. The van der Waals surface area contributed by atoms with E-state index >= 15 is 0 Å². The molecule has 0 radical (unpaired) electrons. The largest absolute Gasteiger partial charge is 0.352 e. The minimum atomic E-state index is -3.99. The Labute approximate surface area is 217 Å². The van der Waals surface area contributed by atoms with Crippen molar-refractivity contribution < 1.29 is 22.4 Å². The van der Waals surface area contributed by atoms with Gasteiger partial charge in [-0.3, -0.25) is 9.59 Å². The zero-order chi connectivity index (χ0) is 26.6. The molecule has 37 heavy (non-hydrogen) atoms. The molecule has 0 bridgehead atoms. The van der Waals surface area contributed by atoms with E-state index in [2.05, 4.69) is 5.32 Å². The zero-order valence-corrected chi connectivity index (χ0v) is 21.9. The Bertz CT molecular complexity index is 1390. The summed E-state index contributed by atoms with van der Waals surface area (Å²) in [4.78, 5) is 27.8. The van der Waals surface area contributed by atoms with Gasteiger partial charge in [-0.1, -0.05) is 61.4 Å². The summed E-state index contributed by atoms with van der Waals surface area (Å²) in [6, 6.07) is 17.4. The van der Waals surface area contributed by atoms with Gasteiger partial charge in [-0.05, 0) is 48.7 Å². The molecule has 1 aliphatic carbocycles. The van der Waals surface area contributed by atoms with Crippen LogP contribution in [0, 0.1) is 5.82 Å². The van der Waals surface area contributed by atoms with Gasteiger partial charge < -0.3 is 10.2 Å². The molecule has 1 aliphatic rings. The molecule has 196 valence electrons. The number of carbonyl (C=O) groups is 2. The normalized spacial score (nSPS) is 15.1. The van der Waals surface area contributed by atoms with Crippen LogP contribution in [0.4, 0.5) is 4.39 Å². The van der Waals surface area contributed by atoms with Crippen LogP contribution in [0.15, 0.2) is 71.6 Å². The first kappa shape index (κ1) is 26.8. The molecule has 0 aromatic heterocycles. The lowest BCUT2D eigenvalue weighted by Gasteiger charge is -2.31. The molecule has 1 atom stereocenters. The van der Waals surface area contributed by atoms with Crippen molar-refractivity contribution in [1.82, 2.24) is 14.5 Å². The van der Waals surface area contributed by atoms with Gasteiger partial charge in [-0.25, -0.2) is 12.8 Å². The SMILES string of the molecule is C[C@H](C(=O)NC1CCCC1)N(Cc1ccccc1F)C(=O)CN(C)S(=O)(=O)c1ccc2ccccc2c1. The highest BCUT2D eigenvalue weighted by atomic mass is 32.2. The monoisotopic (exact) mass is 525 g/mol. The third-order valence-corrected chi connectivity index (χ3v) is 8.75. The summed E-state index contributed by atoms with van der Waals surface area (Å²) >= 11 is 0. The standard InChI is InChI=1S/C28H32FN3O4S/c1-20(28(34)30-24-12-6-7-13-24)32(18-23-11-5-8-14-26(23)29)27(33)19-31(2)37(35,36)25-16-15-21-9-3-4-10-22(21)17-25/h3-5,8-11,14-17,20,24H,6-7,12-13,18-19H2,1-2H3,(H,30,34)/t20-/m1/s1. The minimum Gasteiger partial charge on any atom is -0.352 e. The average molecular weight is 526 g/mol. The Morgan fingerprint density at radius 3 is 2.35 bits per heavy atom. The average Bonchev–Trinajstić information content (AvgIpc) is 3.40. The van der Waals surface area contributed by atoms with Crippen molar-refractivity contribution in [2.24, 2.45) is 0 Å². The van der Waals surface area contributed by atoms with Crippen LogP contribution in [0.3, 0.4) is 0 Å². The van der Waals surface area contributed by atoms with Crippen LogP contribution >= 0.6 is 0 Å². The summed E-state index contributed by atoms with van der Waals surface area (Å²) in [6.07, 6.45) is 3.84. The first-order valence-corrected chi connectivity index (χ1v) is 13.9. The number of fused-ring (bicyclic) bond motifs is 1. The molecular formula is C28H32FN3O4S. The first-order valence-electron chi connectivity index (χ1n) is 12.4. The van der Waals surface area contributed by atoms with Crippen molar-refractivity contribution in [3.05, 3.63) is 78.1 Å². The number of carbonyl (C=O) groups excluding carboxylic acids is 2. The smallest absolute Gasteiger partial charge is 0.243 e. The molecule has 0 saturated heterocycles. The number of nitrogens with one attached hydrogen (secondary N) is 1. The lowest BCUT2D eigenvalue weighted by atomic mass is 10.1. The quantitative estimate of drug-likeness (QED) is 0.456. The second kappa shape index (κ2) is 11.4. The molecule has 3 aromatic rings. The predicted molar refractivity (Wildman–Crippen MR) is 141 cm³/mol. The highest BCUT2D eigenvalue weighted by Gasteiger charge is 2.32. The van der Waals surface area contributed by atoms with E-state index in [0.717, 1.165) is 40.8 Å². The summed E-state index contributed by atoms with van der Waals surface area (Å²) in [5, 5.41) is 4.65. The van der Waals surface area contributed by atoms with Crippen LogP contribution < -0.4 is 5.32 Å². The number of likely N-dealkylation sites (N-methyl/N-ethyl adjacent to an activating group) is 1. The summed E-state index contributed by atoms with van der Waals surface area (Å²) < 4.78 is 42.0. The van der Waals surface area contributed by atoms with Crippen LogP contribution in [0.2, 0.25) is 0 Å².